The summed E-state index contributed by atoms with van der Waals surface area (Å²) in [5.74, 6) is 0.424. The lowest BCUT2D eigenvalue weighted by Crippen LogP contribution is -2.43. The zero-order valence-corrected chi connectivity index (χ0v) is 12.1. The summed E-state index contributed by atoms with van der Waals surface area (Å²) in [6.07, 6.45) is 2.43. The van der Waals surface area contributed by atoms with Crippen molar-refractivity contribution in [3.63, 3.8) is 0 Å². The highest BCUT2D eigenvalue weighted by atomic mass is 19.1. The molecule has 1 aliphatic rings. The van der Waals surface area contributed by atoms with Crippen molar-refractivity contribution in [2.75, 3.05) is 6.54 Å². The molecule has 106 valence electrons. The predicted molar refractivity (Wildman–Crippen MR) is 77.4 cm³/mol. The van der Waals surface area contributed by atoms with E-state index in [0.29, 0.717) is 12.0 Å². The van der Waals surface area contributed by atoms with E-state index in [0.717, 1.165) is 12.1 Å². The molecule has 1 saturated carbocycles. The molecule has 2 atom stereocenters. The summed E-state index contributed by atoms with van der Waals surface area (Å²) >= 11 is 0. The maximum atomic E-state index is 14.1. The fourth-order valence-electron chi connectivity index (χ4n) is 2.80. The van der Waals surface area contributed by atoms with Gasteiger partial charge in [0.15, 0.2) is 0 Å². The third-order valence-corrected chi connectivity index (χ3v) is 3.67. The predicted octanol–water partition coefficient (Wildman–Crippen LogP) is 3.33. The van der Waals surface area contributed by atoms with Gasteiger partial charge in [0.2, 0.25) is 0 Å². The molecule has 1 aromatic rings. The Morgan fingerprint density at radius 1 is 1.26 bits per heavy atom. The lowest BCUT2D eigenvalue weighted by molar-refractivity contribution is 0.144. The van der Waals surface area contributed by atoms with Gasteiger partial charge >= 0.3 is 0 Å². The summed E-state index contributed by atoms with van der Waals surface area (Å²) in [5, 5.41) is 0. The number of hydrogen-bond acceptors (Lipinski definition) is 2. The van der Waals surface area contributed by atoms with Crippen molar-refractivity contribution in [2.24, 2.45) is 11.7 Å². The Balaban J connectivity index is 2.30. The average Bonchev–Trinajstić information content (AvgIpc) is 3.13. The van der Waals surface area contributed by atoms with Crippen LogP contribution >= 0.6 is 0 Å². The van der Waals surface area contributed by atoms with Crippen molar-refractivity contribution in [2.45, 2.75) is 51.7 Å². The minimum Gasteiger partial charge on any atom is -0.326 e. The molecule has 2 rings (SSSR count). The van der Waals surface area contributed by atoms with E-state index in [1.165, 1.54) is 18.9 Å². The van der Waals surface area contributed by atoms with Crippen molar-refractivity contribution in [1.82, 2.24) is 4.90 Å². The Morgan fingerprint density at radius 2 is 1.89 bits per heavy atom. The maximum Gasteiger partial charge on any atom is 0.128 e. The van der Waals surface area contributed by atoms with Crippen LogP contribution in [0.1, 0.15) is 45.2 Å². The van der Waals surface area contributed by atoms with Gasteiger partial charge in [0.1, 0.15) is 5.82 Å². The van der Waals surface area contributed by atoms with Gasteiger partial charge in [0, 0.05) is 24.2 Å². The Labute approximate surface area is 115 Å². The second-order valence-electron chi connectivity index (χ2n) is 6.15. The van der Waals surface area contributed by atoms with Gasteiger partial charge in [-0.1, -0.05) is 32.0 Å². The molecule has 2 N–H and O–H groups in total. The van der Waals surface area contributed by atoms with E-state index in [9.17, 15) is 4.39 Å². The van der Waals surface area contributed by atoms with E-state index in [1.807, 2.05) is 19.1 Å². The van der Waals surface area contributed by atoms with Crippen molar-refractivity contribution < 1.29 is 4.39 Å². The normalized spacial score (nSPS) is 18.9. The Bertz CT molecular complexity index is 413. The summed E-state index contributed by atoms with van der Waals surface area (Å²) in [4.78, 5) is 2.41. The molecule has 2 unspecified atom stereocenters. The molecule has 0 aliphatic heterocycles. The molecule has 0 saturated heterocycles. The van der Waals surface area contributed by atoms with Gasteiger partial charge in [0.25, 0.3) is 0 Å². The fourth-order valence-corrected chi connectivity index (χ4v) is 2.80. The Morgan fingerprint density at radius 3 is 2.37 bits per heavy atom. The first-order valence-corrected chi connectivity index (χ1v) is 7.26. The van der Waals surface area contributed by atoms with Gasteiger partial charge in [-0.15, -0.1) is 0 Å². The van der Waals surface area contributed by atoms with Crippen LogP contribution in [0.2, 0.25) is 0 Å². The number of benzene rings is 1. The van der Waals surface area contributed by atoms with Crippen LogP contribution in [-0.2, 0) is 0 Å². The number of nitrogens with zero attached hydrogens (tertiary/aromatic N) is 1. The summed E-state index contributed by atoms with van der Waals surface area (Å²) in [7, 11) is 0. The molecule has 0 aromatic heterocycles. The van der Waals surface area contributed by atoms with Crippen LogP contribution in [0.3, 0.4) is 0 Å². The lowest BCUT2D eigenvalue weighted by atomic mass is 9.97. The molecular weight excluding hydrogens is 239 g/mol. The second-order valence-corrected chi connectivity index (χ2v) is 6.15. The minimum atomic E-state index is -0.140. The van der Waals surface area contributed by atoms with E-state index in [4.69, 9.17) is 5.73 Å². The summed E-state index contributed by atoms with van der Waals surface area (Å²) in [6, 6.07) is 7.53. The molecule has 1 aromatic carbocycles. The summed E-state index contributed by atoms with van der Waals surface area (Å²) in [5.41, 5.74) is 6.91. The smallest absolute Gasteiger partial charge is 0.128 e. The molecule has 0 spiro atoms. The van der Waals surface area contributed by atoms with Crippen LogP contribution < -0.4 is 5.73 Å². The van der Waals surface area contributed by atoms with E-state index in [1.54, 1.807) is 6.07 Å². The zero-order valence-electron chi connectivity index (χ0n) is 12.1. The summed E-state index contributed by atoms with van der Waals surface area (Å²) in [6.45, 7) is 7.36. The first-order valence-electron chi connectivity index (χ1n) is 7.26. The first kappa shape index (κ1) is 14.5. The molecule has 2 nitrogen and oxygen atoms in total. The highest BCUT2D eigenvalue weighted by Gasteiger charge is 2.37. The molecule has 19 heavy (non-hydrogen) atoms. The van der Waals surface area contributed by atoms with Gasteiger partial charge in [0.05, 0.1) is 6.04 Å². The average molecular weight is 264 g/mol. The quantitative estimate of drug-likeness (QED) is 0.854. The zero-order chi connectivity index (χ0) is 14.0. The van der Waals surface area contributed by atoms with E-state index in [-0.39, 0.29) is 17.9 Å². The fraction of sp³-hybridized carbons (Fsp3) is 0.625. The topological polar surface area (TPSA) is 29.3 Å². The standard InChI is InChI=1S/C16H25FN2/c1-11(2)10-19(13-8-9-13)16(12(3)18)14-6-4-5-7-15(14)17/h4-7,11-13,16H,8-10,18H2,1-3H3. The summed E-state index contributed by atoms with van der Waals surface area (Å²) < 4.78 is 14.1. The van der Waals surface area contributed by atoms with Crippen molar-refractivity contribution in [1.29, 1.82) is 0 Å². The lowest BCUT2D eigenvalue weighted by Gasteiger charge is -2.36. The molecule has 0 radical (unpaired) electrons. The van der Waals surface area contributed by atoms with Gasteiger partial charge in [-0.3, -0.25) is 4.90 Å². The van der Waals surface area contributed by atoms with Gasteiger partial charge in [-0.25, -0.2) is 4.39 Å². The van der Waals surface area contributed by atoms with Crippen LogP contribution in [0, 0.1) is 11.7 Å². The highest BCUT2D eigenvalue weighted by molar-refractivity contribution is 5.23. The Hall–Kier alpha value is -0.930. The van der Waals surface area contributed by atoms with Crippen molar-refractivity contribution in [3.8, 4) is 0 Å². The van der Waals surface area contributed by atoms with E-state index in [2.05, 4.69) is 18.7 Å². The van der Waals surface area contributed by atoms with Crippen LogP contribution in [0.25, 0.3) is 0 Å². The van der Waals surface area contributed by atoms with Crippen molar-refractivity contribution >= 4 is 0 Å². The largest absolute Gasteiger partial charge is 0.326 e. The van der Waals surface area contributed by atoms with E-state index >= 15 is 0 Å². The third kappa shape index (κ3) is 3.54. The van der Waals surface area contributed by atoms with Crippen LogP contribution in [-0.4, -0.2) is 23.5 Å². The molecule has 0 heterocycles. The van der Waals surface area contributed by atoms with Gasteiger partial charge < -0.3 is 5.73 Å². The highest BCUT2D eigenvalue weighted by Crippen LogP contribution is 2.37. The second kappa shape index (κ2) is 6.02. The first-order chi connectivity index (χ1) is 9.00. The number of rotatable bonds is 6. The number of nitrogens with two attached hydrogens (primary N) is 1. The van der Waals surface area contributed by atoms with Crippen LogP contribution in [0.15, 0.2) is 24.3 Å². The SMILES string of the molecule is CC(C)CN(C1CC1)C(c1ccccc1F)C(C)N. The number of halogens is 1. The van der Waals surface area contributed by atoms with Crippen molar-refractivity contribution in [3.05, 3.63) is 35.6 Å². The van der Waals surface area contributed by atoms with Crippen LogP contribution in [0.4, 0.5) is 4.39 Å². The van der Waals surface area contributed by atoms with Gasteiger partial charge in [-0.05, 0) is 31.7 Å². The minimum absolute atomic E-state index is 0.0175. The van der Waals surface area contributed by atoms with Crippen LogP contribution in [0.5, 0.6) is 0 Å². The molecule has 1 fully saturated rings. The molecule has 0 bridgehead atoms. The van der Waals surface area contributed by atoms with E-state index < -0.39 is 0 Å². The molecule has 1 aliphatic carbocycles. The molecule has 0 amide bonds. The molecular formula is C16H25FN2. The third-order valence-electron chi connectivity index (χ3n) is 3.67. The van der Waals surface area contributed by atoms with Gasteiger partial charge in [-0.2, -0.15) is 0 Å². The number of hydrogen-bond donors (Lipinski definition) is 1. The monoisotopic (exact) mass is 264 g/mol. The molecule has 3 heteroatoms. The Kier molecular flexibility index (Phi) is 4.58. The maximum absolute atomic E-state index is 14.1.